The van der Waals surface area contributed by atoms with Crippen molar-refractivity contribution in [3.05, 3.63) is 34.9 Å². The first kappa shape index (κ1) is 16.6. The van der Waals surface area contributed by atoms with Crippen LogP contribution in [0.3, 0.4) is 0 Å². The lowest BCUT2D eigenvalue weighted by Gasteiger charge is -2.12. The van der Waals surface area contributed by atoms with Gasteiger partial charge in [0.2, 0.25) is 5.91 Å². The second kappa shape index (κ2) is 6.47. The normalized spacial score (nSPS) is 16.2. The van der Waals surface area contributed by atoms with Gasteiger partial charge in [-0.2, -0.15) is 10.1 Å². The third-order valence-corrected chi connectivity index (χ3v) is 5.10. The molecular weight excluding hydrogens is 332 g/mol. The molecule has 0 spiro atoms. The lowest BCUT2D eigenvalue weighted by molar-refractivity contribution is -0.121. The van der Waals surface area contributed by atoms with Crippen LogP contribution in [-0.2, 0) is 24.2 Å². The molecule has 1 aliphatic heterocycles. The number of hydrogen-bond acceptors (Lipinski definition) is 6. The van der Waals surface area contributed by atoms with Crippen molar-refractivity contribution in [3.8, 4) is 0 Å². The number of aromatic nitrogens is 7. The molecule has 9 nitrogen and oxygen atoms in total. The third kappa shape index (κ3) is 2.93. The Kier molecular flexibility index (Phi) is 4.14. The fourth-order valence-corrected chi connectivity index (χ4v) is 3.63. The van der Waals surface area contributed by atoms with Crippen molar-refractivity contribution < 1.29 is 4.79 Å². The minimum Gasteiger partial charge on any atom is -0.356 e. The summed E-state index contributed by atoms with van der Waals surface area (Å²) in [5.74, 6) is 2.99. The quantitative estimate of drug-likeness (QED) is 0.718. The Morgan fingerprint density at radius 1 is 1.31 bits per heavy atom. The zero-order chi connectivity index (χ0) is 18.3. The summed E-state index contributed by atoms with van der Waals surface area (Å²) in [7, 11) is 0. The van der Waals surface area contributed by atoms with Gasteiger partial charge in [0.1, 0.15) is 18.0 Å². The number of carbonyl (C=O) groups excluding carboxylic acids is 1. The molecule has 0 bridgehead atoms. The molecule has 3 aromatic rings. The topological polar surface area (TPSA) is 103 Å². The van der Waals surface area contributed by atoms with Gasteiger partial charge in [-0.05, 0) is 32.8 Å². The van der Waals surface area contributed by atoms with Crippen LogP contribution in [0.5, 0.6) is 0 Å². The number of fused-ring (bicyclic) bond motifs is 2. The van der Waals surface area contributed by atoms with Crippen LogP contribution >= 0.6 is 0 Å². The summed E-state index contributed by atoms with van der Waals surface area (Å²) in [5.41, 5.74) is 2.95. The van der Waals surface area contributed by atoms with Gasteiger partial charge in [-0.1, -0.05) is 0 Å². The van der Waals surface area contributed by atoms with Gasteiger partial charge in [-0.15, -0.1) is 10.2 Å². The fourth-order valence-electron chi connectivity index (χ4n) is 3.63. The number of hydrogen-bond donors (Lipinski definition) is 1. The zero-order valence-electron chi connectivity index (χ0n) is 15.2. The van der Waals surface area contributed by atoms with Gasteiger partial charge in [-0.25, -0.2) is 9.50 Å². The molecule has 9 heteroatoms. The van der Waals surface area contributed by atoms with Crippen molar-refractivity contribution >= 4 is 11.7 Å². The Morgan fingerprint density at radius 2 is 2.15 bits per heavy atom. The van der Waals surface area contributed by atoms with Crippen LogP contribution in [0, 0.1) is 26.7 Å². The minimum absolute atomic E-state index is 0.0573. The lowest BCUT2D eigenvalue weighted by Crippen LogP contribution is -2.30. The van der Waals surface area contributed by atoms with E-state index in [1.165, 1.54) is 6.33 Å². The Morgan fingerprint density at radius 3 is 2.96 bits per heavy atom. The van der Waals surface area contributed by atoms with E-state index in [1.807, 2.05) is 20.8 Å². The molecule has 1 amide bonds. The van der Waals surface area contributed by atoms with Crippen molar-refractivity contribution in [1.29, 1.82) is 0 Å². The highest BCUT2D eigenvalue weighted by Crippen LogP contribution is 2.19. The molecule has 1 unspecified atom stereocenters. The number of carbonyl (C=O) groups is 1. The highest BCUT2D eigenvalue weighted by molar-refractivity contribution is 5.76. The van der Waals surface area contributed by atoms with Gasteiger partial charge in [0.25, 0.3) is 5.78 Å². The summed E-state index contributed by atoms with van der Waals surface area (Å²) in [6.45, 7) is 7.44. The Hall–Kier alpha value is -2.84. The Bertz CT molecular complexity index is 973. The first-order valence-corrected chi connectivity index (χ1v) is 8.84. The van der Waals surface area contributed by atoms with E-state index in [4.69, 9.17) is 0 Å². The average molecular weight is 354 g/mol. The highest BCUT2D eigenvalue weighted by atomic mass is 16.1. The lowest BCUT2D eigenvalue weighted by atomic mass is 10.1. The van der Waals surface area contributed by atoms with E-state index in [0.29, 0.717) is 31.1 Å². The van der Waals surface area contributed by atoms with Crippen molar-refractivity contribution in [2.24, 2.45) is 5.92 Å². The van der Waals surface area contributed by atoms with Crippen molar-refractivity contribution in [3.63, 3.8) is 0 Å². The van der Waals surface area contributed by atoms with E-state index in [-0.39, 0.29) is 5.91 Å². The summed E-state index contributed by atoms with van der Waals surface area (Å²) in [4.78, 5) is 20.9. The molecule has 4 heterocycles. The van der Waals surface area contributed by atoms with E-state index in [0.717, 1.165) is 41.6 Å². The van der Waals surface area contributed by atoms with E-state index < -0.39 is 0 Å². The van der Waals surface area contributed by atoms with Gasteiger partial charge in [0, 0.05) is 43.2 Å². The van der Waals surface area contributed by atoms with Crippen LogP contribution < -0.4 is 5.32 Å². The van der Waals surface area contributed by atoms with Crippen LogP contribution in [-0.4, -0.2) is 46.8 Å². The summed E-state index contributed by atoms with van der Waals surface area (Å²) in [5, 5.41) is 15.5. The third-order valence-electron chi connectivity index (χ3n) is 5.10. The van der Waals surface area contributed by atoms with Crippen LogP contribution in [0.1, 0.15) is 35.0 Å². The first-order chi connectivity index (χ1) is 12.5. The van der Waals surface area contributed by atoms with E-state index in [9.17, 15) is 4.79 Å². The second-order valence-electron chi connectivity index (χ2n) is 6.88. The fraction of sp³-hybridized carbons (Fsp3) is 0.529. The predicted octanol–water partition coefficient (Wildman–Crippen LogP) is 0.562. The molecule has 0 aliphatic carbocycles. The summed E-state index contributed by atoms with van der Waals surface area (Å²) in [6, 6.07) is 0. The maximum Gasteiger partial charge on any atom is 0.252 e. The molecule has 1 N–H and O–H groups in total. The molecule has 3 aromatic heterocycles. The molecule has 26 heavy (non-hydrogen) atoms. The highest BCUT2D eigenvalue weighted by Gasteiger charge is 2.25. The molecule has 0 saturated carbocycles. The van der Waals surface area contributed by atoms with E-state index in [2.05, 4.69) is 35.1 Å². The molecule has 1 aliphatic rings. The molecule has 0 saturated heterocycles. The summed E-state index contributed by atoms with van der Waals surface area (Å²) < 4.78 is 3.85. The molecule has 1 atom stereocenters. The van der Waals surface area contributed by atoms with Crippen molar-refractivity contribution in [2.75, 3.05) is 6.54 Å². The number of aryl methyl sites for hydroxylation is 3. The monoisotopic (exact) mass is 354 g/mol. The van der Waals surface area contributed by atoms with Crippen molar-refractivity contribution in [1.82, 2.24) is 39.7 Å². The van der Waals surface area contributed by atoms with Crippen LogP contribution in [0.25, 0.3) is 5.78 Å². The standard InChI is InChI=1S/C17H22N8O/c1-10-14(11(2)25-17(21-10)19-9-20-25)4-5-16(26)18-7-13-6-15-23-22-12(3)24(15)8-13/h9,13H,4-8H2,1-3H3,(H,18,26). The van der Waals surface area contributed by atoms with Crippen molar-refractivity contribution in [2.45, 2.75) is 46.6 Å². The smallest absolute Gasteiger partial charge is 0.252 e. The number of amides is 1. The van der Waals surface area contributed by atoms with Crippen LogP contribution in [0.2, 0.25) is 0 Å². The van der Waals surface area contributed by atoms with Gasteiger partial charge in [0.05, 0.1) is 0 Å². The Balaban J connectivity index is 1.32. The number of rotatable bonds is 5. The first-order valence-electron chi connectivity index (χ1n) is 8.84. The van der Waals surface area contributed by atoms with Crippen LogP contribution in [0.4, 0.5) is 0 Å². The molecule has 0 fully saturated rings. The SMILES string of the molecule is Cc1nc2ncnn2c(C)c1CCC(=O)NCC1Cc2nnc(C)n2C1. The van der Waals surface area contributed by atoms with Gasteiger partial charge in [0.15, 0.2) is 0 Å². The summed E-state index contributed by atoms with van der Waals surface area (Å²) in [6.07, 6.45) is 3.43. The van der Waals surface area contributed by atoms with Gasteiger partial charge >= 0.3 is 0 Å². The Labute approximate surface area is 150 Å². The summed E-state index contributed by atoms with van der Waals surface area (Å²) >= 11 is 0. The van der Waals surface area contributed by atoms with Crippen LogP contribution in [0.15, 0.2) is 6.33 Å². The largest absolute Gasteiger partial charge is 0.356 e. The van der Waals surface area contributed by atoms with Gasteiger partial charge in [-0.3, -0.25) is 4.79 Å². The maximum atomic E-state index is 12.3. The number of nitrogens with one attached hydrogen (secondary N) is 1. The maximum absolute atomic E-state index is 12.3. The van der Waals surface area contributed by atoms with E-state index >= 15 is 0 Å². The zero-order valence-corrected chi connectivity index (χ0v) is 15.2. The number of nitrogens with zero attached hydrogens (tertiary/aromatic N) is 7. The van der Waals surface area contributed by atoms with E-state index in [1.54, 1.807) is 4.52 Å². The molecule has 4 rings (SSSR count). The molecule has 0 aromatic carbocycles. The minimum atomic E-state index is 0.0573. The molecule has 0 radical (unpaired) electrons. The van der Waals surface area contributed by atoms with Gasteiger partial charge < -0.3 is 9.88 Å². The second-order valence-corrected chi connectivity index (χ2v) is 6.88. The molecular formula is C17H22N8O. The molecule has 136 valence electrons. The predicted molar refractivity (Wildman–Crippen MR) is 93.5 cm³/mol. The average Bonchev–Trinajstić information content (AvgIpc) is 3.30.